The standard InChI is InChI=1S/C36H20N2O2/c1-2-6-31-26(5-1)28-19-34-29(20-33(28)39-31)27-18-25(14-16-32(27)40-34)21-7-9-22(10-8-21)30-15-13-24-12-11-23-4-3-17-37-35(23)36(24)38-30/h1-20H. The highest BCUT2D eigenvalue weighted by atomic mass is 16.3. The average molecular weight is 513 g/mol. The molecular formula is C36H20N2O2. The van der Waals surface area contributed by atoms with Crippen LogP contribution in [0.25, 0.3) is 88.1 Å². The molecule has 0 N–H and O–H groups in total. The lowest BCUT2D eigenvalue weighted by molar-refractivity contribution is 0.664. The molecule has 4 nitrogen and oxygen atoms in total. The van der Waals surface area contributed by atoms with Crippen LogP contribution in [0, 0.1) is 0 Å². The largest absolute Gasteiger partial charge is 0.456 e. The quantitative estimate of drug-likeness (QED) is 0.216. The molecule has 5 aromatic carbocycles. The van der Waals surface area contributed by atoms with Crippen LogP contribution in [0.15, 0.2) is 130 Å². The van der Waals surface area contributed by atoms with Gasteiger partial charge in [-0.25, -0.2) is 4.98 Å². The number of pyridine rings is 2. The Morgan fingerprint density at radius 1 is 0.425 bits per heavy atom. The van der Waals surface area contributed by atoms with Crippen molar-refractivity contribution >= 4 is 65.7 Å². The normalized spacial score (nSPS) is 12.0. The summed E-state index contributed by atoms with van der Waals surface area (Å²) in [6.07, 6.45) is 1.82. The number of rotatable bonds is 2. The summed E-state index contributed by atoms with van der Waals surface area (Å²) in [5, 5.41) is 6.50. The number of aromatic nitrogens is 2. The van der Waals surface area contributed by atoms with Gasteiger partial charge in [-0.1, -0.05) is 72.8 Å². The summed E-state index contributed by atoms with van der Waals surface area (Å²) in [5.41, 5.74) is 9.63. The molecule has 0 radical (unpaired) electrons. The lowest BCUT2D eigenvalue weighted by atomic mass is 10.00. The predicted molar refractivity (Wildman–Crippen MR) is 162 cm³/mol. The van der Waals surface area contributed by atoms with E-state index in [4.69, 9.17) is 13.8 Å². The van der Waals surface area contributed by atoms with Crippen LogP contribution in [0.3, 0.4) is 0 Å². The molecule has 0 amide bonds. The fraction of sp³-hybridized carbons (Fsp3) is 0. The molecule has 0 aliphatic heterocycles. The lowest BCUT2D eigenvalue weighted by Gasteiger charge is -2.07. The Balaban J connectivity index is 1.13. The summed E-state index contributed by atoms with van der Waals surface area (Å²) in [5.74, 6) is 0. The van der Waals surface area contributed by atoms with E-state index in [1.807, 2.05) is 30.5 Å². The number of hydrogen-bond acceptors (Lipinski definition) is 4. The third kappa shape index (κ3) is 3.13. The van der Waals surface area contributed by atoms with E-state index in [9.17, 15) is 0 Å². The highest BCUT2D eigenvalue weighted by molar-refractivity contribution is 6.15. The van der Waals surface area contributed by atoms with Gasteiger partial charge in [0, 0.05) is 44.1 Å². The molecule has 0 aliphatic carbocycles. The maximum atomic E-state index is 6.26. The molecule has 0 saturated carbocycles. The Kier molecular flexibility index (Phi) is 4.30. The van der Waals surface area contributed by atoms with Crippen LogP contribution in [-0.2, 0) is 0 Å². The molecule has 4 heteroatoms. The number of nitrogens with zero attached hydrogens (tertiary/aromatic N) is 2. The zero-order valence-corrected chi connectivity index (χ0v) is 21.3. The van der Waals surface area contributed by atoms with Gasteiger partial charge in [-0.3, -0.25) is 4.98 Å². The van der Waals surface area contributed by atoms with Crippen molar-refractivity contribution in [3.63, 3.8) is 0 Å². The molecule has 186 valence electrons. The van der Waals surface area contributed by atoms with Gasteiger partial charge in [0.05, 0.1) is 16.7 Å². The molecule has 9 aromatic rings. The number of furan rings is 2. The Bertz CT molecular complexity index is 2430. The molecule has 0 spiro atoms. The molecule has 0 bridgehead atoms. The molecule has 0 fully saturated rings. The van der Waals surface area contributed by atoms with Gasteiger partial charge >= 0.3 is 0 Å². The molecular weight excluding hydrogens is 492 g/mol. The fourth-order valence-electron chi connectivity index (χ4n) is 5.89. The van der Waals surface area contributed by atoms with Gasteiger partial charge in [0.1, 0.15) is 22.3 Å². The van der Waals surface area contributed by atoms with Gasteiger partial charge in [0.15, 0.2) is 0 Å². The summed E-state index contributed by atoms with van der Waals surface area (Å²) in [6.45, 7) is 0. The van der Waals surface area contributed by atoms with Gasteiger partial charge in [0.2, 0.25) is 0 Å². The van der Waals surface area contributed by atoms with E-state index in [-0.39, 0.29) is 0 Å². The molecule has 0 aliphatic rings. The van der Waals surface area contributed by atoms with Crippen LogP contribution >= 0.6 is 0 Å². The van der Waals surface area contributed by atoms with Crippen LogP contribution in [0.4, 0.5) is 0 Å². The number of fused-ring (bicyclic) bond motifs is 9. The van der Waals surface area contributed by atoms with Crippen LogP contribution in [0.5, 0.6) is 0 Å². The topological polar surface area (TPSA) is 52.1 Å². The molecule has 9 rings (SSSR count). The van der Waals surface area contributed by atoms with Gasteiger partial charge in [-0.2, -0.15) is 0 Å². The van der Waals surface area contributed by atoms with Crippen LogP contribution in [-0.4, -0.2) is 9.97 Å². The van der Waals surface area contributed by atoms with Crippen molar-refractivity contribution in [3.05, 3.63) is 121 Å². The fourth-order valence-corrected chi connectivity index (χ4v) is 5.89. The molecule has 40 heavy (non-hydrogen) atoms. The van der Waals surface area contributed by atoms with Crippen LogP contribution < -0.4 is 0 Å². The van der Waals surface area contributed by atoms with Crippen molar-refractivity contribution in [2.75, 3.05) is 0 Å². The van der Waals surface area contributed by atoms with Gasteiger partial charge in [-0.05, 0) is 53.6 Å². The SMILES string of the molecule is c1cnc2c(c1)ccc1ccc(-c3ccc(-c4ccc5oc6cc7c(cc6c5c4)oc4ccccc47)cc3)nc12. The van der Waals surface area contributed by atoms with E-state index in [1.54, 1.807) is 0 Å². The van der Waals surface area contributed by atoms with Crippen molar-refractivity contribution in [3.8, 4) is 22.4 Å². The van der Waals surface area contributed by atoms with Crippen molar-refractivity contribution in [1.29, 1.82) is 0 Å². The molecule has 0 saturated heterocycles. The van der Waals surface area contributed by atoms with Crippen LogP contribution in [0.1, 0.15) is 0 Å². The Morgan fingerprint density at radius 3 is 1.93 bits per heavy atom. The summed E-state index contributed by atoms with van der Waals surface area (Å²) in [7, 11) is 0. The minimum atomic E-state index is 0.867. The molecule has 0 atom stereocenters. The van der Waals surface area contributed by atoms with Crippen molar-refractivity contribution < 1.29 is 8.83 Å². The molecule has 4 heterocycles. The van der Waals surface area contributed by atoms with E-state index < -0.39 is 0 Å². The minimum absolute atomic E-state index is 0.867. The van der Waals surface area contributed by atoms with Gasteiger partial charge in [0.25, 0.3) is 0 Å². The van der Waals surface area contributed by atoms with E-state index in [0.717, 1.165) is 88.1 Å². The number of benzene rings is 5. The zero-order chi connectivity index (χ0) is 26.2. The first-order valence-electron chi connectivity index (χ1n) is 13.3. The molecule has 4 aromatic heterocycles. The highest BCUT2D eigenvalue weighted by Crippen LogP contribution is 2.38. The van der Waals surface area contributed by atoms with E-state index in [1.165, 1.54) is 0 Å². The first-order chi connectivity index (χ1) is 19.8. The summed E-state index contributed by atoms with van der Waals surface area (Å²) < 4.78 is 12.4. The molecule has 0 unspecified atom stereocenters. The maximum absolute atomic E-state index is 6.26. The average Bonchev–Trinajstić information content (AvgIpc) is 3.56. The monoisotopic (exact) mass is 512 g/mol. The number of hydrogen-bond donors (Lipinski definition) is 0. The highest BCUT2D eigenvalue weighted by Gasteiger charge is 2.14. The maximum Gasteiger partial charge on any atom is 0.136 e. The first-order valence-corrected chi connectivity index (χ1v) is 13.3. The predicted octanol–water partition coefficient (Wildman–Crippen LogP) is 9.92. The third-order valence-corrected chi connectivity index (χ3v) is 7.91. The Labute approximate surface area is 228 Å². The minimum Gasteiger partial charge on any atom is -0.456 e. The third-order valence-electron chi connectivity index (χ3n) is 7.91. The van der Waals surface area contributed by atoms with Crippen molar-refractivity contribution in [1.82, 2.24) is 9.97 Å². The first kappa shape index (κ1) is 21.5. The van der Waals surface area contributed by atoms with Gasteiger partial charge < -0.3 is 8.83 Å². The van der Waals surface area contributed by atoms with Crippen molar-refractivity contribution in [2.45, 2.75) is 0 Å². The summed E-state index contributed by atoms with van der Waals surface area (Å²) >= 11 is 0. The summed E-state index contributed by atoms with van der Waals surface area (Å²) in [6, 6.07) is 39.7. The van der Waals surface area contributed by atoms with E-state index >= 15 is 0 Å². The van der Waals surface area contributed by atoms with Crippen LogP contribution in [0.2, 0.25) is 0 Å². The second kappa shape index (κ2) is 8.01. The van der Waals surface area contributed by atoms with Crippen molar-refractivity contribution in [2.24, 2.45) is 0 Å². The Hall–Kier alpha value is -5.48. The second-order valence-corrected chi connectivity index (χ2v) is 10.2. The van der Waals surface area contributed by atoms with Gasteiger partial charge in [-0.15, -0.1) is 0 Å². The van der Waals surface area contributed by atoms with E-state index in [2.05, 4.69) is 96.0 Å². The summed E-state index contributed by atoms with van der Waals surface area (Å²) in [4.78, 5) is 9.59. The van der Waals surface area contributed by atoms with E-state index in [0.29, 0.717) is 0 Å². The second-order valence-electron chi connectivity index (χ2n) is 10.2. The zero-order valence-electron chi connectivity index (χ0n) is 21.3. The Morgan fingerprint density at radius 2 is 1.07 bits per heavy atom. The number of para-hydroxylation sites is 1. The lowest BCUT2D eigenvalue weighted by Crippen LogP contribution is -1.88. The smallest absolute Gasteiger partial charge is 0.136 e.